The van der Waals surface area contributed by atoms with Crippen LogP contribution in [0.25, 0.3) is 0 Å². The fraction of sp³-hybridized carbons (Fsp3) is 1.00. The fourth-order valence-corrected chi connectivity index (χ4v) is 9.63. The molecular weight excluding hydrogens is 384 g/mol. The van der Waals surface area contributed by atoms with Gasteiger partial charge in [0.1, 0.15) is 0 Å². The zero-order valence-electron chi connectivity index (χ0n) is 21.1. The summed E-state index contributed by atoms with van der Waals surface area (Å²) < 4.78 is 0. The average molecular weight is 435 g/mol. The Morgan fingerprint density at radius 2 is 1.58 bits per heavy atom. The highest BCUT2D eigenvalue weighted by Crippen LogP contribution is 2.71. The van der Waals surface area contributed by atoms with Crippen molar-refractivity contribution in [2.24, 2.45) is 51.8 Å². The molecule has 180 valence electrons. The van der Waals surface area contributed by atoms with Crippen LogP contribution < -0.4 is 0 Å². The number of hydrogen-bond donors (Lipinski definition) is 3. The Balaban J connectivity index is 1.59. The fourth-order valence-electron chi connectivity index (χ4n) is 9.63. The van der Waals surface area contributed by atoms with Gasteiger partial charge in [0.05, 0.1) is 18.3 Å². The van der Waals surface area contributed by atoms with Gasteiger partial charge in [-0.25, -0.2) is 0 Å². The van der Waals surface area contributed by atoms with Crippen molar-refractivity contribution in [3.63, 3.8) is 0 Å². The van der Waals surface area contributed by atoms with Gasteiger partial charge in [-0.1, -0.05) is 60.8 Å². The smallest absolute Gasteiger partial charge is 0.0602 e. The van der Waals surface area contributed by atoms with Gasteiger partial charge < -0.3 is 15.3 Å². The summed E-state index contributed by atoms with van der Waals surface area (Å²) in [5.41, 5.74) is 0.0257. The van der Waals surface area contributed by atoms with Crippen molar-refractivity contribution in [1.82, 2.24) is 0 Å². The van der Waals surface area contributed by atoms with Gasteiger partial charge in [-0.3, -0.25) is 0 Å². The lowest BCUT2D eigenvalue weighted by atomic mass is 9.39. The largest absolute Gasteiger partial charge is 0.393 e. The highest BCUT2D eigenvalue weighted by atomic mass is 16.3. The Morgan fingerprint density at radius 3 is 2.26 bits per heavy atom. The Bertz CT molecular complexity index is 648. The van der Waals surface area contributed by atoms with Crippen LogP contribution in [0.3, 0.4) is 0 Å². The van der Waals surface area contributed by atoms with Gasteiger partial charge in [0, 0.05) is 0 Å². The molecule has 3 heteroatoms. The summed E-state index contributed by atoms with van der Waals surface area (Å²) in [4.78, 5) is 0. The van der Waals surface area contributed by atoms with E-state index in [1.807, 2.05) is 0 Å². The third-order valence-electron chi connectivity index (χ3n) is 11.6. The minimum atomic E-state index is -0.291. The van der Waals surface area contributed by atoms with Gasteiger partial charge in [0.15, 0.2) is 0 Å². The van der Waals surface area contributed by atoms with Crippen molar-refractivity contribution in [2.75, 3.05) is 0 Å². The minimum Gasteiger partial charge on any atom is -0.393 e. The SMILES string of the molecule is CC(C)CCCC(C)C1CCC2C3C(O)CC4(C)CC(O)CCC4(C)C3CC(O)C12C. The minimum absolute atomic E-state index is 0.0269. The van der Waals surface area contributed by atoms with Gasteiger partial charge in [0.25, 0.3) is 0 Å². The summed E-state index contributed by atoms with van der Waals surface area (Å²) in [5, 5.41) is 33.7. The highest BCUT2D eigenvalue weighted by molar-refractivity contribution is 5.16. The molecule has 0 spiro atoms. The summed E-state index contributed by atoms with van der Waals surface area (Å²) in [5.74, 6) is 3.10. The van der Waals surface area contributed by atoms with E-state index in [1.54, 1.807) is 0 Å². The first kappa shape index (κ1) is 24.0. The third kappa shape index (κ3) is 3.64. The molecule has 11 unspecified atom stereocenters. The second kappa shape index (κ2) is 8.27. The second-order valence-electron chi connectivity index (χ2n) is 13.5. The predicted octanol–water partition coefficient (Wildman–Crippen LogP) is 5.80. The van der Waals surface area contributed by atoms with E-state index in [0.29, 0.717) is 29.6 Å². The van der Waals surface area contributed by atoms with E-state index in [4.69, 9.17) is 0 Å². The molecule has 0 aliphatic heterocycles. The van der Waals surface area contributed by atoms with Gasteiger partial charge in [0.2, 0.25) is 0 Å². The normalized spacial score (nSPS) is 53.0. The van der Waals surface area contributed by atoms with Crippen molar-refractivity contribution in [1.29, 1.82) is 0 Å². The number of fused-ring (bicyclic) bond motifs is 5. The lowest BCUT2D eigenvalue weighted by Crippen LogP contribution is -2.65. The molecule has 4 fully saturated rings. The summed E-state index contributed by atoms with van der Waals surface area (Å²) in [6, 6.07) is 0. The van der Waals surface area contributed by atoms with Crippen molar-refractivity contribution in [3.05, 3.63) is 0 Å². The molecule has 0 aromatic heterocycles. The van der Waals surface area contributed by atoms with Crippen LogP contribution in [-0.2, 0) is 0 Å². The molecule has 0 radical (unpaired) electrons. The summed E-state index contributed by atoms with van der Waals surface area (Å²) in [7, 11) is 0. The zero-order valence-corrected chi connectivity index (χ0v) is 21.1. The van der Waals surface area contributed by atoms with Gasteiger partial charge in [-0.15, -0.1) is 0 Å². The average Bonchev–Trinajstić information content (AvgIpc) is 3.02. The van der Waals surface area contributed by atoms with Gasteiger partial charge in [-0.05, 0) is 96.7 Å². The Labute approximate surface area is 191 Å². The van der Waals surface area contributed by atoms with Crippen LogP contribution in [0.1, 0.15) is 106 Å². The van der Waals surface area contributed by atoms with E-state index in [2.05, 4.69) is 41.5 Å². The van der Waals surface area contributed by atoms with Crippen molar-refractivity contribution in [3.8, 4) is 0 Å². The molecule has 4 aliphatic rings. The maximum absolute atomic E-state index is 11.7. The molecule has 3 nitrogen and oxygen atoms in total. The van der Waals surface area contributed by atoms with E-state index in [0.717, 1.165) is 38.0 Å². The molecule has 31 heavy (non-hydrogen) atoms. The summed E-state index contributed by atoms with van der Waals surface area (Å²) in [6.45, 7) is 14.2. The van der Waals surface area contributed by atoms with Crippen LogP contribution in [0, 0.1) is 51.8 Å². The van der Waals surface area contributed by atoms with Crippen molar-refractivity contribution < 1.29 is 15.3 Å². The van der Waals surface area contributed by atoms with E-state index >= 15 is 0 Å². The molecular formula is C28H50O3. The lowest BCUT2D eigenvalue weighted by molar-refractivity contribution is -0.233. The van der Waals surface area contributed by atoms with Crippen molar-refractivity contribution >= 4 is 0 Å². The van der Waals surface area contributed by atoms with Crippen LogP contribution in [0.2, 0.25) is 0 Å². The van der Waals surface area contributed by atoms with E-state index < -0.39 is 0 Å². The first-order valence-corrected chi connectivity index (χ1v) is 13.5. The first-order valence-electron chi connectivity index (χ1n) is 13.5. The molecule has 0 aromatic carbocycles. The van der Waals surface area contributed by atoms with Crippen LogP contribution in [0.15, 0.2) is 0 Å². The van der Waals surface area contributed by atoms with E-state index in [1.165, 1.54) is 32.1 Å². The third-order valence-corrected chi connectivity index (χ3v) is 11.6. The van der Waals surface area contributed by atoms with Gasteiger partial charge in [-0.2, -0.15) is 0 Å². The standard InChI is InChI=1S/C28H50O3/c1-17(2)8-7-9-18(3)20-10-11-21-25-22(14-24(31)28(20,21)6)27(5)13-12-19(29)15-26(27,4)16-23(25)30/h17-25,29-31H,7-16H2,1-6H3. The van der Waals surface area contributed by atoms with Crippen molar-refractivity contribution in [2.45, 2.75) is 124 Å². The van der Waals surface area contributed by atoms with Crippen LogP contribution in [0.5, 0.6) is 0 Å². The van der Waals surface area contributed by atoms with Gasteiger partial charge >= 0.3 is 0 Å². The molecule has 0 aromatic rings. The number of hydrogen-bond acceptors (Lipinski definition) is 3. The van der Waals surface area contributed by atoms with Crippen LogP contribution in [-0.4, -0.2) is 33.6 Å². The topological polar surface area (TPSA) is 60.7 Å². The molecule has 4 aliphatic carbocycles. The molecule has 0 heterocycles. The maximum Gasteiger partial charge on any atom is 0.0602 e. The second-order valence-corrected chi connectivity index (χ2v) is 13.5. The van der Waals surface area contributed by atoms with Crippen LogP contribution in [0.4, 0.5) is 0 Å². The number of aliphatic hydroxyl groups excluding tert-OH is 3. The predicted molar refractivity (Wildman–Crippen MR) is 126 cm³/mol. The summed E-state index contributed by atoms with van der Waals surface area (Å²) >= 11 is 0. The number of aliphatic hydroxyl groups is 3. The first-order chi connectivity index (χ1) is 14.4. The van der Waals surface area contributed by atoms with E-state index in [9.17, 15) is 15.3 Å². The molecule has 0 bridgehead atoms. The Morgan fingerprint density at radius 1 is 0.871 bits per heavy atom. The molecule has 4 rings (SSSR count). The van der Waals surface area contributed by atoms with Crippen LogP contribution >= 0.6 is 0 Å². The zero-order chi connectivity index (χ0) is 22.8. The molecule has 0 saturated heterocycles. The molecule has 11 atom stereocenters. The Hall–Kier alpha value is -0.120. The molecule has 4 saturated carbocycles. The molecule has 3 N–H and O–H groups in total. The highest BCUT2D eigenvalue weighted by Gasteiger charge is 2.68. The Kier molecular flexibility index (Phi) is 6.41. The summed E-state index contributed by atoms with van der Waals surface area (Å²) in [6.07, 6.45) is 9.81. The lowest BCUT2D eigenvalue weighted by Gasteiger charge is -2.67. The number of rotatable bonds is 5. The maximum atomic E-state index is 11.7. The van der Waals surface area contributed by atoms with E-state index in [-0.39, 0.29) is 34.6 Å². The molecule has 0 amide bonds. The quantitative estimate of drug-likeness (QED) is 0.512. The monoisotopic (exact) mass is 434 g/mol.